The summed E-state index contributed by atoms with van der Waals surface area (Å²) in [5.74, 6) is -0.502. The lowest BCUT2D eigenvalue weighted by Crippen LogP contribution is -1.94. The van der Waals surface area contributed by atoms with Crippen molar-refractivity contribution in [3.63, 3.8) is 0 Å². The minimum absolute atomic E-state index is 0.502. The van der Waals surface area contributed by atoms with Crippen molar-refractivity contribution in [2.75, 3.05) is 0 Å². The molecule has 0 heterocycles. The van der Waals surface area contributed by atoms with Crippen LogP contribution in [0.5, 0.6) is 0 Å². The van der Waals surface area contributed by atoms with Crippen molar-refractivity contribution in [1.29, 1.82) is 0 Å². The molecule has 0 aliphatic heterocycles. The number of ether oxygens (including phenoxy) is 1. The summed E-state index contributed by atoms with van der Waals surface area (Å²) in [4.78, 5) is 12.2. The van der Waals surface area contributed by atoms with Gasteiger partial charge in [0.05, 0.1) is 0 Å². The van der Waals surface area contributed by atoms with Crippen molar-refractivity contribution < 1.29 is 14.3 Å². The van der Waals surface area contributed by atoms with Gasteiger partial charge in [0.15, 0.2) is 0 Å². The molecule has 0 aromatic rings. The highest BCUT2D eigenvalue weighted by Crippen LogP contribution is 1.63. The zero-order valence-electron chi connectivity index (χ0n) is 3.79. The summed E-state index contributed by atoms with van der Waals surface area (Å²) in [6.45, 7) is 1.21. The molecule has 0 atom stereocenters. The van der Waals surface area contributed by atoms with Gasteiger partial charge < -0.3 is 10.3 Å². The molecule has 0 saturated carbocycles. The Morgan fingerprint density at radius 2 is 2.57 bits per heavy atom. The molecule has 0 aromatic heterocycles. The second kappa shape index (κ2) is 3.06. The van der Waals surface area contributed by atoms with Crippen molar-refractivity contribution >= 4 is 12.4 Å². The summed E-state index contributed by atoms with van der Waals surface area (Å²) < 4.78 is 4.01. The second-order valence-corrected chi connectivity index (χ2v) is 0.830. The predicted octanol–water partition coefficient (Wildman–Crippen LogP) is -0.192. The van der Waals surface area contributed by atoms with Gasteiger partial charge in [0.25, 0.3) is 0 Å². The van der Waals surface area contributed by atoms with Gasteiger partial charge in [-0.2, -0.15) is 0 Å². The molecule has 0 aromatic carbocycles. The third-order valence-electron chi connectivity index (χ3n) is 0.266. The van der Waals surface area contributed by atoms with Gasteiger partial charge in [0, 0.05) is 6.92 Å². The van der Waals surface area contributed by atoms with Crippen LogP contribution in [0.2, 0.25) is 0 Å². The van der Waals surface area contributed by atoms with Gasteiger partial charge in [-0.1, -0.05) is 0 Å². The SMILES string of the molecule is CC(=O)OC=[N+]=[N-]. The van der Waals surface area contributed by atoms with Crippen molar-refractivity contribution in [2.24, 2.45) is 0 Å². The van der Waals surface area contributed by atoms with Gasteiger partial charge in [-0.05, 0) is 0 Å². The fourth-order valence-corrected chi connectivity index (χ4v) is 0.0978. The third-order valence-corrected chi connectivity index (χ3v) is 0.266. The summed E-state index contributed by atoms with van der Waals surface area (Å²) >= 11 is 0. The first-order valence-electron chi connectivity index (χ1n) is 1.60. The number of nitrogens with zero attached hydrogens (tertiary/aromatic N) is 2. The van der Waals surface area contributed by atoms with Gasteiger partial charge in [-0.25, -0.2) is 0 Å². The largest absolute Gasteiger partial charge is 0.446 e. The summed E-state index contributed by atoms with van der Waals surface area (Å²) in [5.41, 5.74) is 7.61. The van der Waals surface area contributed by atoms with Crippen LogP contribution in [0, 0.1) is 0 Å². The number of hydrogen-bond donors (Lipinski definition) is 0. The number of rotatable bonds is 1. The molecule has 0 bridgehead atoms. The molecule has 0 N–H and O–H groups in total. The molecular formula is C3H4N2O2. The van der Waals surface area contributed by atoms with E-state index in [1.165, 1.54) is 6.92 Å². The molecule has 0 aliphatic rings. The topological polar surface area (TPSA) is 62.7 Å². The van der Waals surface area contributed by atoms with E-state index in [1.807, 2.05) is 0 Å². The van der Waals surface area contributed by atoms with E-state index in [9.17, 15) is 4.79 Å². The summed E-state index contributed by atoms with van der Waals surface area (Å²) in [5, 5.41) is 0. The van der Waals surface area contributed by atoms with Crippen LogP contribution in [0.25, 0.3) is 5.53 Å². The van der Waals surface area contributed by atoms with Crippen LogP contribution >= 0.6 is 0 Å². The molecule has 4 heteroatoms. The Morgan fingerprint density at radius 3 is 2.71 bits per heavy atom. The summed E-state index contributed by atoms with van der Waals surface area (Å²) in [6.07, 6.45) is 0.655. The minimum atomic E-state index is -0.502. The minimum Gasteiger partial charge on any atom is -0.365 e. The Kier molecular flexibility index (Phi) is 2.55. The zero-order valence-corrected chi connectivity index (χ0v) is 3.79. The molecule has 7 heavy (non-hydrogen) atoms. The van der Waals surface area contributed by atoms with Crippen LogP contribution in [0.1, 0.15) is 6.92 Å². The fraction of sp³-hybridized carbons (Fsp3) is 0.333. The Morgan fingerprint density at radius 1 is 2.00 bits per heavy atom. The Bertz CT molecular complexity index is 114. The van der Waals surface area contributed by atoms with Gasteiger partial charge in [0.1, 0.15) is 0 Å². The third kappa shape index (κ3) is 4.85. The lowest BCUT2D eigenvalue weighted by molar-refractivity contribution is -0.136. The van der Waals surface area contributed by atoms with E-state index < -0.39 is 5.97 Å². The first-order chi connectivity index (χ1) is 3.27. The maximum absolute atomic E-state index is 9.78. The first kappa shape index (κ1) is 5.85. The standard InChI is InChI=1S/C3H4N2O2/c1-3(6)7-2-5-4/h2H,1H3. The van der Waals surface area contributed by atoms with Gasteiger partial charge in [0.2, 0.25) is 0 Å². The monoisotopic (exact) mass is 100 g/mol. The Hall–Kier alpha value is -1.15. The van der Waals surface area contributed by atoms with Gasteiger partial charge >= 0.3 is 12.4 Å². The molecule has 0 amide bonds. The zero-order chi connectivity index (χ0) is 5.70. The van der Waals surface area contributed by atoms with Gasteiger partial charge in [-0.15, -0.1) is 4.79 Å². The average Bonchev–Trinajstić information content (AvgIpc) is 1.61. The predicted molar refractivity (Wildman–Crippen MR) is 21.4 cm³/mol. The van der Waals surface area contributed by atoms with E-state index in [0.717, 1.165) is 0 Å². The number of hydrogen-bond acceptors (Lipinski definition) is 2. The smallest absolute Gasteiger partial charge is 0.365 e. The van der Waals surface area contributed by atoms with E-state index in [2.05, 4.69) is 9.53 Å². The molecule has 0 radical (unpaired) electrons. The molecule has 0 saturated heterocycles. The van der Waals surface area contributed by atoms with Crippen LogP contribution in [0.15, 0.2) is 0 Å². The molecular weight excluding hydrogens is 96.0 g/mol. The maximum atomic E-state index is 9.78. The van der Waals surface area contributed by atoms with Crippen LogP contribution < -0.4 is 0 Å². The quantitative estimate of drug-likeness (QED) is 0.151. The van der Waals surface area contributed by atoms with E-state index in [4.69, 9.17) is 5.53 Å². The lowest BCUT2D eigenvalue weighted by Gasteiger charge is -1.76. The maximum Gasteiger partial charge on any atom is 0.446 e. The molecule has 0 spiro atoms. The van der Waals surface area contributed by atoms with E-state index in [0.29, 0.717) is 6.40 Å². The highest BCUT2D eigenvalue weighted by Gasteiger charge is 1.86. The van der Waals surface area contributed by atoms with Gasteiger partial charge in [-0.3, -0.25) is 4.79 Å². The first-order valence-corrected chi connectivity index (χ1v) is 1.60. The van der Waals surface area contributed by atoms with Crippen molar-refractivity contribution in [3.8, 4) is 0 Å². The van der Waals surface area contributed by atoms with Crippen LogP contribution in [-0.2, 0) is 9.53 Å². The van der Waals surface area contributed by atoms with E-state index >= 15 is 0 Å². The highest BCUT2D eigenvalue weighted by molar-refractivity contribution is 5.73. The fourth-order valence-electron chi connectivity index (χ4n) is 0.0978. The Labute approximate surface area is 40.3 Å². The van der Waals surface area contributed by atoms with Crippen molar-refractivity contribution in [2.45, 2.75) is 6.92 Å². The van der Waals surface area contributed by atoms with E-state index in [-0.39, 0.29) is 0 Å². The molecule has 0 unspecified atom stereocenters. The molecule has 0 fully saturated rings. The van der Waals surface area contributed by atoms with Crippen LogP contribution in [0.3, 0.4) is 0 Å². The summed E-state index contributed by atoms with van der Waals surface area (Å²) in [7, 11) is 0. The number of carbonyl (C=O) groups excluding carboxylic acids is 1. The highest BCUT2D eigenvalue weighted by atomic mass is 16.5. The molecule has 0 rings (SSSR count). The van der Waals surface area contributed by atoms with Crippen LogP contribution in [0.4, 0.5) is 0 Å². The molecule has 0 aliphatic carbocycles. The van der Waals surface area contributed by atoms with Crippen molar-refractivity contribution in [3.05, 3.63) is 5.53 Å². The van der Waals surface area contributed by atoms with Crippen LogP contribution in [-0.4, -0.2) is 17.2 Å². The Balaban J connectivity index is 3.32. The normalized spacial score (nSPS) is 6.43. The molecule has 4 nitrogen and oxygen atoms in total. The lowest BCUT2D eigenvalue weighted by atomic mass is 10.8. The molecule has 38 valence electrons. The van der Waals surface area contributed by atoms with E-state index in [1.54, 1.807) is 0 Å². The average molecular weight is 100 g/mol. The second-order valence-electron chi connectivity index (χ2n) is 0.830. The number of esters is 1. The number of carbonyl (C=O) groups is 1. The summed E-state index contributed by atoms with van der Waals surface area (Å²) in [6, 6.07) is 0. The van der Waals surface area contributed by atoms with Crippen molar-refractivity contribution in [1.82, 2.24) is 0 Å².